The maximum absolute atomic E-state index is 12.5. The van der Waals surface area contributed by atoms with E-state index >= 15 is 0 Å². The highest BCUT2D eigenvalue weighted by Gasteiger charge is 2.40. The summed E-state index contributed by atoms with van der Waals surface area (Å²) in [4.78, 5) is 12.5. The highest BCUT2D eigenvalue weighted by Crippen LogP contribution is 2.34. The summed E-state index contributed by atoms with van der Waals surface area (Å²) in [6, 6.07) is 3.47. The Morgan fingerprint density at radius 3 is 2.55 bits per heavy atom. The Balaban J connectivity index is 2.40. The first-order valence-electron chi connectivity index (χ1n) is 6.15. The molecule has 3 N–H and O–H groups in total. The van der Waals surface area contributed by atoms with Crippen LogP contribution in [0, 0.1) is 5.41 Å². The van der Waals surface area contributed by atoms with Crippen LogP contribution >= 0.6 is 23.3 Å². The number of rotatable bonds is 3. The van der Waals surface area contributed by atoms with E-state index < -0.39 is 11.0 Å². The molecular formula is C13H17ClN4OS. The van der Waals surface area contributed by atoms with Gasteiger partial charge in [-0.15, -0.1) is 0 Å². The molecule has 0 bridgehead atoms. The molecule has 0 aliphatic rings. The lowest BCUT2D eigenvalue weighted by molar-refractivity contribution is -0.126. The van der Waals surface area contributed by atoms with Crippen molar-refractivity contribution in [1.29, 1.82) is 0 Å². The molecule has 0 atom stereocenters. The van der Waals surface area contributed by atoms with Gasteiger partial charge in [0, 0.05) is 5.54 Å². The molecule has 0 radical (unpaired) electrons. The van der Waals surface area contributed by atoms with Crippen LogP contribution in [-0.4, -0.2) is 20.2 Å². The van der Waals surface area contributed by atoms with Crippen molar-refractivity contribution < 1.29 is 4.79 Å². The fourth-order valence-corrected chi connectivity index (χ4v) is 2.25. The van der Waals surface area contributed by atoms with Crippen LogP contribution in [-0.2, 0) is 4.79 Å². The number of anilines is 1. The van der Waals surface area contributed by atoms with Crippen molar-refractivity contribution in [2.24, 2.45) is 11.1 Å². The number of hydrogen-bond donors (Lipinski definition) is 2. The van der Waals surface area contributed by atoms with E-state index in [0.717, 1.165) is 11.7 Å². The average Bonchev–Trinajstić information content (AvgIpc) is 2.79. The number of aromatic nitrogens is 2. The van der Waals surface area contributed by atoms with Gasteiger partial charge in [-0.05, 0) is 39.8 Å². The summed E-state index contributed by atoms with van der Waals surface area (Å²) in [7, 11) is 0. The summed E-state index contributed by atoms with van der Waals surface area (Å²) in [6.07, 6.45) is 0. The van der Waals surface area contributed by atoms with Crippen LogP contribution in [0.25, 0.3) is 11.0 Å². The average molecular weight is 313 g/mol. The Kier molecular flexibility index (Phi) is 3.75. The van der Waals surface area contributed by atoms with Crippen LogP contribution in [0.4, 0.5) is 5.69 Å². The smallest absolute Gasteiger partial charge is 0.231 e. The van der Waals surface area contributed by atoms with Crippen molar-refractivity contribution in [2.45, 2.75) is 33.2 Å². The van der Waals surface area contributed by atoms with Crippen LogP contribution in [0.1, 0.15) is 27.7 Å². The lowest BCUT2D eigenvalue weighted by Gasteiger charge is -2.36. The van der Waals surface area contributed by atoms with Crippen molar-refractivity contribution >= 4 is 46.0 Å². The van der Waals surface area contributed by atoms with Gasteiger partial charge in [0.25, 0.3) is 0 Å². The van der Waals surface area contributed by atoms with Crippen LogP contribution in [0.5, 0.6) is 0 Å². The molecule has 0 saturated carbocycles. The number of nitrogens with two attached hydrogens (primary N) is 1. The Morgan fingerprint density at radius 1 is 1.30 bits per heavy atom. The lowest BCUT2D eigenvalue weighted by atomic mass is 9.74. The molecule has 0 saturated heterocycles. The predicted octanol–water partition coefficient (Wildman–Crippen LogP) is 3.05. The van der Waals surface area contributed by atoms with Crippen molar-refractivity contribution in [1.82, 2.24) is 8.75 Å². The minimum atomic E-state index is -0.762. The molecule has 0 aliphatic carbocycles. The minimum absolute atomic E-state index is 0.201. The van der Waals surface area contributed by atoms with Crippen LogP contribution in [0.2, 0.25) is 5.02 Å². The Labute approximate surface area is 126 Å². The Morgan fingerprint density at radius 2 is 1.95 bits per heavy atom. The Bertz CT molecular complexity index is 660. The third-order valence-corrected chi connectivity index (χ3v) is 4.65. The first kappa shape index (κ1) is 15.2. The number of nitrogens with zero attached hydrogens (tertiary/aromatic N) is 2. The number of amides is 1. The largest absolute Gasteiger partial charge is 0.325 e. The molecule has 7 heteroatoms. The lowest BCUT2D eigenvalue weighted by Crippen LogP contribution is -2.53. The number of carbonyl (C=O) groups is 1. The molecular weight excluding hydrogens is 296 g/mol. The SMILES string of the molecule is CC(C)(N)C(C)(C)C(=O)Nc1c(Cl)ccc2nsnc12. The molecule has 0 spiro atoms. The maximum atomic E-state index is 12.5. The number of nitrogens with one attached hydrogen (secondary N) is 1. The van der Waals surface area contributed by atoms with Gasteiger partial charge in [0.1, 0.15) is 11.0 Å². The molecule has 1 amide bonds. The molecule has 2 rings (SSSR count). The van der Waals surface area contributed by atoms with E-state index in [1.807, 2.05) is 13.8 Å². The quantitative estimate of drug-likeness (QED) is 0.912. The summed E-state index contributed by atoms with van der Waals surface area (Å²) in [6.45, 7) is 7.24. The predicted molar refractivity (Wildman–Crippen MR) is 83.1 cm³/mol. The van der Waals surface area contributed by atoms with E-state index in [1.54, 1.807) is 26.0 Å². The zero-order chi connectivity index (χ0) is 15.1. The first-order chi connectivity index (χ1) is 9.14. The molecule has 20 heavy (non-hydrogen) atoms. The van der Waals surface area contributed by atoms with E-state index in [9.17, 15) is 4.79 Å². The molecule has 0 fully saturated rings. The topological polar surface area (TPSA) is 80.9 Å². The van der Waals surface area contributed by atoms with Gasteiger partial charge in [0.2, 0.25) is 5.91 Å². The van der Waals surface area contributed by atoms with Crippen molar-refractivity contribution in [3.8, 4) is 0 Å². The van der Waals surface area contributed by atoms with E-state index in [1.165, 1.54) is 0 Å². The third-order valence-electron chi connectivity index (χ3n) is 3.79. The number of halogens is 1. The highest BCUT2D eigenvalue weighted by molar-refractivity contribution is 7.00. The van der Waals surface area contributed by atoms with Crippen LogP contribution in [0.15, 0.2) is 12.1 Å². The summed E-state index contributed by atoms with van der Waals surface area (Å²) < 4.78 is 8.31. The fourth-order valence-electron chi connectivity index (χ4n) is 1.51. The fraction of sp³-hybridized carbons (Fsp3) is 0.462. The normalized spacial score (nSPS) is 12.7. The number of fused-ring (bicyclic) bond motifs is 1. The van der Waals surface area contributed by atoms with E-state index in [4.69, 9.17) is 17.3 Å². The number of hydrogen-bond acceptors (Lipinski definition) is 5. The Hall–Kier alpha value is -1.24. The van der Waals surface area contributed by atoms with Gasteiger partial charge < -0.3 is 11.1 Å². The third kappa shape index (κ3) is 2.51. The second-order valence-electron chi connectivity index (χ2n) is 5.86. The first-order valence-corrected chi connectivity index (χ1v) is 7.26. The molecule has 5 nitrogen and oxygen atoms in total. The minimum Gasteiger partial charge on any atom is -0.325 e. The monoisotopic (exact) mass is 312 g/mol. The zero-order valence-corrected chi connectivity index (χ0v) is 13.4. The summed E-state index contributed by atoms with van der Waals surface area (Å²) >= 11 is 7.24. The van der Waals surface area contributed by atoms with E-state index in [-0.39, 0.29) is 5.91 Å². The van der Waals surface area contributed by atoms with E-state index in [2.05, 4.69) is 14.1 Å². The summed E-state index contributed by atoms with van der Waals surface area (Å²) in [5.41, 5.74) is 6.44. The number of benzene rings is 1. The number of carbonyl (C=O) groups excluding carboxylic acids is 1. The molecule has 0 unspecified atom stereocenters. The van der Waals surface area contributed by atoms with Crippen molar-refractivity contribution in [3.05, 3.63) is 17.2 Å². The molecule has 1 aromatic heterocycles. The molecule has 1 aromatic carbocycles. The molecule has 0 aliphatic heterocycles. The van der Waals surface area contributed by atoms with Gasteiger partial charge >= 0.3 is 0 Å². The van der Waals surface area contributed by atoms with E-state index in [0.29, 0.717) is 21.7 Å². The van der Waals surface area contributed by atoms with Gasteiger partial charge in [-0.3, -0.25) is 4.79 Å². The zero-order valence-electron chi connectivity index (χ0n) is 11.8. The van der Waals surface area contributed by atoms with Gasteiger partial charge in [-0.2, -0.15) is 8.75 Å². The van der Waals surface area contributed by atoms with Gasteiger partial charge in [-0.1, -0.05) is 11.6 Å². The van der Waals surface area contributed by atoms with Crippen molar-refractivity contribution in [3.63, 3.8) is 0 Å². The van der Waals surface area contributed by atoms with Crippen LogP contribution in [0.3, 0.4) is 0 Å². The summed E-state index contributed by atoms with van der Waals surface area (Å²) in [5.74, 6) is -0.201. The van der Waals surface area contributed by atoms with Gasteiger partial charge in [0.15, 0.2) is 0 Å². The maximum Gasteiger partial charge on any atom is 0.231 e. The van der Waals surface area contributed by atoms with Crippen molar-refractivity contribution in [2.75, 3.05) is 5.32 Å². The molecule has 2 aromatic rings. The van der Waals surface area contributed by atoms with Gasteiger partial charge in [0.05, 0.1) is 27.9 Å². The standard InChI is InChI=1S/C13H17ClN4OS/c1-12(2,13(3,4)15)11(19)16-9-7(14)5-6-8-10(9)18-20-17-8/h5-6H,15H2,1-4H3,(H,16,19). The highest BCUT2D eigenvalue weighted by atomic mass is 35.5. The van der Waals surface area contributed by atoms with Crippen LogP contribution < -0.4 is 11.1 Å². The summed E-state index contributed by atoms with van der Waals surface area (Å²) in [5, 5.41) is 3.27. The molecule has 1 heterocycles. The molecule has 108 valence electrons. The van der Waals surface area contributed by atoms with Gasteiger partial charge in [-0.25, -0.2) is 0 Å². The second kappa shape index (κ2) is 4.95. The second-order valence-corrected chi connectivity index (χ2v) is 6.79.